The summed E-state index contributed by atoms with van der Waals surface area (Å²) in [4.78, 5) is 15.2. The minimum Gasteiger partial charge on any atom is -0.360 e. The number of aromatic nitrogens is 1. The molecule has 0 unspecified atom stereocenters. The zero-order valence-corrected chi connectivity index (χ0v) is 14.5. The van der Waals surface area contributed by atoms with Gasteiger partial charge in [-0.3, -0.25) is 4.79 Å². The van der Waals surface area contributed by atoms with Gasteiger partial charge < -0.3 is 9.42 Å². The minimum atomic E-state index is 0.0466. The molecular formula is C20H24N2O2. The highest BCUT2D eigenvalue weighted by atomic mass is 16.5. The summed E-state index contributed by atoms with van der Waals surface area (Å²) in [5.74, 6) is 0.970. The van der Waals surface area contributed by atoms with Crippen molar-refractivity contribution in [2.24, 2.45) is 0 Å². The van der Waals surface area contributed by atoms with Crippen molar-refractivity contribution in [2.45, 2.75) is 58.4 Å². The van der Waals surface area contributed by atoms with Crippen LogP contribution in [-0.4, -0.2) is 22.5 Å². The number of carbonyl (C=O) groups is 1. The predicted molar refractivity (Wildman–Crippen MR) is 92.1 cm³/mol. The summed E-state index contributed by atoms with van der Waals surface area (Å²) in [7, 11) is 0. The zero-order valence-electron chi connectivity index (χ0n) is 14.5. The molecule has 1 fully saturated rings. The van der Waals surface area contributed by atoms with Crippen LogP contribution in [0.2, 0.25) is 0 Å². The van der Waals surface area contributed by atoms with Crippen LogP contribution in [0.4, 0.5) is 0 Å². The lowest BCUT2D eigenvalue weighted by Crippen LogP contribution is -2.32. The van der Waals surface area contributed by atoms with Crippen molar-refractivity contribution >= 4 is 5.91 Å². The summed E-state index contributed by atoms with van der Waals surface area (Å²) < 4.78 is 5.45. The first-order valence-corrected chi connectivity index (χ1v) is 9.01. The summed E-state index contributed by atoms with van der Waals surface area (Å²) >= 11 is 0. The Hall–Kier alpha value is -2.10. The number of hydrogen-bond acceptors (Lipinski definition) is 3. The van der Waals surface area contributed by atoms with Gasteiger partial charge >= 0.3 is 0 Å². The Balaban J connectivity index is 1.66. The number of benzene rings is 1. The molecule has 1 aromatic carbocycles. The lowest BCUT2D eigenvalue weighted by atomic mass is 9.94. The van der Waals surface area contributed by atoms with Crippen molar-refractivity contribution in [3.63, 3.8) is 0 Å². The van der Waals surface area contributed by atoms with Gasteiger partial charge in [0.05, 0.1) is 6.04 Å². The third-order valence-corrected chi connectivity index (χ3v) is 5.67. The van der Waals surface area contributed by atoms with Crippen LogP contribution in [0.25, 0.3) is 0 Å². The molecule has 0 N–H and O–H groups in total. The van der Waals surface area contributed by atoms with Gasteiger partial charge in [0.15, 0.2) is 5.69 Å². The Morgan fingerprint density at radius 1 is 1.21 bits per heavy atom. The molecule has 1 saturated heterocycles. The molecule has 1 aliphatic heterocycles. The summed E-state index contributed by atoms with van der Waals surface area (Å²) in [5, 5.41) is 4.14. The summed E-state index contributed by atoms with van der Waals surface area (Å²) in [6.07, 6.45) is 6.15. The van der Waals surface area contributed by atoms with Crippen molar-refractivity contribution in [3.05, 3.63) is 51.9 Å². The van der Waals surface area contributed by atoms with E-state index in [2.05, 4.69) is 37.2 Å². The molecule has 1 amide bonds. The van der Waals surface area contributed by atoms with Gasteiger partial charge in [-0.2, -0.15) is 0 Å². The van der Waals surface area contributed by atoms with Crippen LogP contribution in [0.3, 0.4) is 0 Å². The van der Waals surface area contributed by atoms with E-state index in [4.69, 9.17) is 4.52 Å². The number of fused-ring (bicyclic) bond motifs is 1. The first-order chi connectivity index (χ1) is 11.7. The Morgan fingerprint density at radius 3 is 2.92 bits per heavy atom. The van der Waals surface area contributed by atoms with E-state index in [0.29, 0.717) is 5.69 Å². The highest BCUT2D eigenvalue weighted by Crippen LogP contribution is 2.36. The van der Waals surface area contributed by atoms with Crippen LogP contribution in [0.5, 0.6) is 0 Å². The second kappa shape index (κ2) is 6.08. The normalized spacial score (nSPS) is 20.2. The number of rotatable bonds is 2. The fraction of sp³-hybridized carbons (Fsp3) is 0.500. The predicted octanol–water partition coefficient (Wildman–Crippen LogP) is 4.15. The number of carbonyl (C=O) groups excluding carboxylic acids is 1. The molecule has 126 valence electrons. The van der Waals surface area contributed by atoms with Gasteiger partial charge in [0.25, 0.3) is 5.91 Å². The summed E-state index contributed by atoms with van der Waals surface area (Å²) in [6, 6.07) is 6.55. The molecule has 0 radical (unpaired) electrons. The van der Waals surface area contributed by atoms with Crippen molar-refractivity contribution in [3.8, 4) is 0 Å². The molecule has 2 heterocycles. The average molecular weight is 324 g/mol. The molecule has 2 aromatic rings. The smallest absolute Gasteiger partial charge is 0.276 e. The van der Waals surface area contributed by atoms with Crippen LogP contribution in [0.1, 0.15) is 70.2 Å². The third-order valence-electron chi connectivity index (χ3n) is 5.67. The maximum Gasteiger partial charge on any atom is 0.276 e. The van der Waals surface area contributed by atoms with Gasteiger partial charge in [-0.25, -0.2) is 0 Å². The molecule has 4 rings (SSSR count). The van der Waals surface area contributed by atoms with Gasteiger partial charge in [-0.15, -0.1) is 0 Å². The van der Waals surface area contributed by atoms with Crippen LogP contribution < -0.4 is 0 Å². The average Bonchev–Trinajstić information content (AvgIpc) is 3.23. The quantitative estimate of drug-likeness (QED) is 0.834. The molecule has 1 aliphatic carbocycles. The molecular weight excluding hydrogens is 300 g/mol. The number of hydrogen-bond donors (Lipinski definition) is 0. The van der Waals surface area contributed by atoms with E-state index in [1.54, 1.807) is 0 Å². The van der Waals surface area contributed by atoms with Gasteiger partial charge in [0.2, 0.25) is 0 Å². The Bertz CT molecular complexity index is 778. The van der Waals surface area contributed by atoms with Crippen molar-refractivity contribution in [1.82, 2.24) is 10.1 Å². The third kappa shape index (κ3) is 2.45. The molecule has 0 bridgehead atoms. The number of nitrogens with zero attached hydrogens (tertiary/aromatic N) is 2. The highest BCUT2D eigenvalue weighted by molar-refractivity contribution is 5.94. The van der Waals surface area contributed by atoms with Crippen LogP contribution >= 0.6 is 0 Å². The SMILES string of the molecule is Cc1cccc([C@@H]2CCCN2C(=O)c2noc3c2CCCC3)c1C. The van der Waals surface area contributed by atoms with E-state index in [-0.39, 0.29) is 11.9 Å². The van der Waals surface area contributed by atoms with Crippen molar-refractivity contribution in [1.29, 1.82) is 0 Å². The largest absolute Gasteiger partial charge is 0.360 e. The second-order valence-corrected chi connectivity index (χ2v) is 7.09. The maximum absolute atomic E-state index is 13.2. The van der Waals surface area contributed by atoms with E-state index in [9.17, 15) is 4.79 Å². The lowest BCUT2D eigenvalue weighted by Gasteiger charge is -2.26. The Morgan fingerprint density at radius 2 is 2.04 bits per heavy atom. The van der Waals surface area contributed by atoms with Gasteiger partial charge in [-0.05, 0) is 62.6 Å². The maximum atomic E-state index is 13.2. The molecule has 1 aromatic heterocycles. The Labute approximate surface area is 142 Å². The fourth-order valence-corrected chi connectivity index (χ4v) is 4.16. The molecule has 0 spiro atoms. The van der Waals surface area contributed by atoms with Crippen LogP contribution in [0.15, 0.2) is 22.7 Å². The van der Waals surface area contributed by atoms with E-state index in [0.717, 1.165) is 56.4 Å². The van der Waals surface area contributed by atoms with E-state index < -0.39 is 0 Å². The lowest BCUT2D eigenvalue weighted by molar-refractivity contribution is 0.0723. The molecule has 1 atom stereocenters. The van der Waals surface area contributed by atoms with Gasteiger partial charge in [0.1, 0.15) is 5.76 Å². The van der Waals surface area contributed by atoms with Gasteiger partial charge in [0, 0.05) is 18.5 Å². The first-order valence-electron chi connectivity index (χ1n) is 9.01. The summed E-state index contributed by atoms with van der Waals surface area (Å²) in [5.41, 5.74) is 5.47. The van der Waals surface area contributed by atoms with Crippen molar-refractivity contribution < 1.29 is 9.32 Å². The second-order valence-electron chi connectivity index (χ2n) is 7.09. The standard InChI is InChI=1S/C20H24N2O2/c1-13-7-5-9-15(14(13)2)17-10-6-12-22(17)20(23)19-16-8-3-4-11-18(16)24-21-19/h5,7,9,17H,3-4,6,8,10-12H2,1-2H3/t17-/m0/s1. The van der Waals surface area contributed by atoms with Gasteiger partial charge in [-0.1, -0.05) is 23.4 Å². The van der Waals surface area contributed by atoms with E-state index in [1.807, 2.05) is 4.90 Å². The van der Waals surface area contributed by atoms with Crippen LogP contribution in [0, 0.1) is 13.8 Å². The molecule has 4 heteroatoms. The molecule has 0 saturated carbocycles. The highest BCUT2D eigenvalue weighted by Gasteiger charge is 2.35. The van der Waals surface area contributed by atoms with E-state index >= 15 is 0 Å². The summed E-state index contributed by atoms with van der Waals surface area (Å²) in [6.45, 7) is 5.09. The Kier molecular flexibility index (Phi) is 3.91. The van der Waals surface area contributed by atoms with Crippen molar-refractivity contribution in [2.75, 3.05) is 6.54 Å². The topological polar surface area (TPSA) is 46.3 Å². The molecule has 4 nitrogen and oxygen atoms in total. The number of likely N-dealkylation sites (tertiary alicyclic amines) is 1. The first kappa shape index (κ1) is 15.4. The van der Waals surface area contributed by atoms with Crippen LogP contribution in [-0.2, 0) is 12.8 Å². The number of aryl methyl sites for hydroxylation is 2. The molecule has 24 heavy (non-hydrogen) atoms. The van der Waals surface area contributed by atoms with E-state index in [1.165, 1.54) is 16.7 Å². The zero-order chi connectivity index (χ0) is 16.7. The monoisotopic (exact) mass is 324 g/mol. The number of amides is 1. The minimum absolute atomic E-state index is 0.0466. The molecule has 2 aliphatic rings. The fourth-order valence-electron chi connectivity index (χ4n) is 4.16.